The number of rotatable bonds is 9. The third-order valence-corrected chi connectivity index (χ3v) is 15.5. The van der Waals surface area contributed by atoms with Crippen LogP contribution in [-0.4, -0.2) is 71.6 Å². The Kier molecular flexibility index (Phi) is 25.4. The molecule has 18 heteroatoms. The quantitative estimate of drug-likeness (QED) is 0.0406. The summed E-state index contributed by atoms with van der Waals surface area (Å²) in [6.07, 6.45) is 18.7. The van der Waals surface area contributed by atoms with Gasteiger partial charge in [0, 0.05) is 113 Å². The molecular formula is C69H65N9O5S4. The number of nitrogens with one attached hydrogen (secondary N) is 1. The van der Waals surface area contributed by atoms with Crippen molar-refractivity contribution in [1.82, 2.24) is 44.9 Å². The molecule has 1 saturated heterocycles. The number of fused-ring (bicyclic) bond motifs is 5. The molecule has 1 fully saturated rings. The molecule has 0 saturated carbocycles. The fraction of sp³-hybridized carbons (Fsp3) is 0.145. The molecule has 440 valence electrons. The predicted octanol–water partition coefficient (Wildman–Crippen LogP) is 15.6. The van der Waals surface area contributed by atoms with E-state index in [9.17, 15) is 8.42 Å². The molecule has 8 heterocycles. The smallest absolute Gasteiger partial charge is 0.297 e. The van der Waals surface area contributed by atoms with Crippen LogP contribution in [0.1, 0.15) is 46.9 Å². The fourth-order valence-electron chi connectivity index (χ4n) is 8.27. The monoisotopic (exact) mass is 1230 g/mol. The second-order valence-corrected chi connectivity index (χ2v) is 22.6. The predicted molar refractivity (Wildman–Crippen MR) is 356 cm³/mol. The number of H-pyrrole nitrogens is 1. The first-order valence-corrected chi connectivity index (χ1v) is 31.3. The number of benzene rings is 6. The summed E-state index contributed by atoms with van der Waals surface area (Å²) < 4.78 is 34.8. The molecule has 1 aliphatic rings. The van der Waals surface area contributed by atoms with Crippen molar-refractivity contribution in [1.29, 1.82) is 0 Å². The van der Waals surface area contributed by atoms with E-state index in [0.717, 1.165) is 68.3 Å². The third-order valence-electron chi connectivity index (χ3n) is 12.8. The molecule has 2 N–H and O–H groups in total. The topological polar surface area (TPSA) is 192 Å². The van der Waals surface area contributed by atoms with E-state index < -0.39 is 10.1 Å². The molecule has 7 aromatic heterocycles. The van der Waals surface area contributed by atoms with Crippen LogP contribution in [0.15, 0.2) is 254 Å². The Morgan fingerprint density at radius 2 is 0.943 bits per heavy atom. The Bertz CT molecular complexity index is 4310. The van der Waals surface area contributed by atoms with E-state index in [1.165, 1.54) is 45.2 Å². The van der Waals surface area contributed by atoms with E-state index in [0.29, 0.717) is 21.9 Å². The molecule has 0 bridgehead atoms. The van der Waals surface area contributed by atoms with Crippen LogP contribution in [0.2, 0.25) is 0 Å². The number of nitrogens with zero attached hydrogens (tertiary/aromatic N) is 8. The van der Waals surface area contributed by atoms with Crippen LogP contribution >= 0.6 is 36.6 Å². The minimum Gasteiger partial charge on any atom is -0.390 e. The van der Waals surface area contributed by atoms with Crippen molar-refractivity contribution in [3.8, 4) is 0 Å². The summed E-state index contributed by atoms with van der Waals surface area (Å²) in [6, 6.07) is 60.6. The second-order valence-electron chi connectivity index (χ2n) is 19.3. The highest BCUT2D eigenvalue weighted by molar-refractivity contribution is 7.98. The number of hydrogen-bond donors (Lipinski definition) is 3. The van der Waals surface area contributed by atoms with E-state index in [1.54, 1.807) is 79.3 Å². The fourth-order valence-corrected chi connectivity index (χ4v) is 10.2. The van der Waals surface area contributed by atoms with Gasteiger partial charge >= 0.3 is 0 Å². The molecule has 0 radical (unpaired) electrons. The summed E-state index contributed by atoms with van der Waals surface area (Å²) in [7, 11) is -3.77. The number of pyridine rings is 5. The zero-order valence-corrected chi connectivity index (χ0v) is 51.4. The zero-order chi connectivity index (χ0) is 60.9. The van der Waals surface area contributed by atoms with E-state index in [-0.39, 0.29) is 18.1 Å². The summed E-state index contributed by atoms with van der Waals surface area (Å²) in [5, 5.41) is 21.1. The Morgan fingerprint density at radius 1 is 0.517 bits per heavy atom. The third kappa shape index (κ3) is 21.3. The van der Waals surface area contributed by atoms with Crippen LogP contribution in [0.5, 0.6) is 0 Å². The first-order chi connectivity index (χ1) is 42.5. The lowest BCUT2D eigenvalue weighted by Gasteiger charge is -2.06. The SMILES string of the molecule is C1CCOC1.Cc1cc2ccccc2cn1.Cc1ccc(S(=O)(=O)OCc2cc3ccccc3cn2)cc1.OCc1cc2ccccc2cn1.S=c1nccc[nH]1.SCc1cc2ccccc2cn1.c1cnc(SCc2cc3ccccc3cn2)nc1. The van der Waals surface area contributed by atoms with E-state index in [2.05, 4.69) is 124 Å². The molecule has 6 aromatic carbocycles. The first-order valence-electron chi connectivity index (χ1n) is 27.8. The van der Waals surface area contributed by atoms with Crippen molar-refractivity contribution in [3.63, 3.8) is 0 Å². The summed E-state index contributed by atoms with van der Waals surface area (Å²) in [5.74, 6) is 1.49. The van der Waals surface area contributed by atoms with Crippen molar-refractivity contribution in [2.75, 3.05) is 13.2 Å². The van der Waals surface area contributed by atoms with Crippen LogP contribution < -0.4 is 0 Å². The summed E-state index contributed by atoms with van der Waals surface area (Å²) >= 11 is 10.4. The maximum absolute atomic E-state index is 12.1. The number of aliphatic hydroxyl groups excluding tert-OH is 1. The summed E-state index contributed by atoms with van der Waals surface area (Å²) in [5.41, 5.74) is 5.44. The van der Waals surface area contributed by atoms with Crippen LogP contribution in [0, 0.1) is 18.6 Å². The molecule has 0 spiro atoms. The number of ether oxygens (including phenoxy) is 1. The van der Waals surface area contributed by atoms with Gasteiger partial charge in [-0.25, -0.2) is 15.0 Å². The highest BCUT2D eigenvalue weighted by Crippen LogP contribution is 2.22. The Labute approximate surface area is 521 Å². The van der Waals surface area contributed by atoms with Gasteiger partial charge in [-0.05, 0) is 120 Å². The van der Waals surface area contributed by atoms with Gasteiger partial charge in [0.15, 0.2) is 9.93 Å². The van der Waals surface area contributed by atoms with E-state index in [1.807, 2.05) is 136 Å². The number of aromatic nitrogens is 9. The van der Waals surface area contributed by atoms with Crippen molar-refractivity contribution >= 4 is 101 Å². The van der Waals surface area contributed by atoms with Crippen LogP contribution in [0.3, 0.4) is 0 Å². The minimum absolute atomic E-state index is 0.00480. The van der Waals surface area contributed by atoms with Gasteiger partial charge in [-0.15, -0.1) is 0 Å². The molecule has 14 nitrogen and oxygen atoms in total. The van der Waals surface area contributed by atoms with E-state index in [4.69, 9.17) is 14.0 Å². The van der Waals surface area contributed by atoms with Crippen molar-refractivity contribution < 1.29 is 22.4 Å². The van der Waals surface area contributed by atoms with Gasteiger partial charge in [-0.1, -0.05) is 151 Å². The molecule has 1 aliphatic heterocycles. The van der Waals surface area contributed by atoms with E-state index >= 15 is 0 Å². The van der Waals surface area contributed by atoms with Gasteiger partial charge in [-0.3, -0.25) is 29.1 Å². The highest BCUT2D eigenvalue weighted by atomic mass is 32.2. The molecule has 0 aliphatic carbocycles. The molecule has 0 atom stereocenters. The van der Waals surface area contributed by atoms with Crippen LogP contribution in [0.4, 0.5) is 0 Å². The maximum Gasteiger partial charge on any atom is 0.297 e. The van der Waals surface area contributed by atoms with Gasteiger partial charge < -0.3 is 14.8 Å². The molecule has 13 aromatic rings. The van der Waals surface area contributed by atoms with Gasteiger partial charge in [0.05, 0.1) is 34.3 Å². The number of aromatic amines is 1. The van der Waals surface area contributed by atoms with Gasteiger partial charge in [0.2, 0.25) is 0 Å². The molecule has 0 amide bonds. The summed E-state index contributed by atoms with van der Waals surface area (Å²) in [6.45, 7) is 5.83. The molecule has 14 rings (SSSR count). The first kappa shape index (κ1) is 64.3. The average molecular weight is 1230 g/mol. The van der Waals surface area contributed by atoms with Gasteiger partial charge in [-0.2, -0.15) is 21.0 Å². The Hall–Kier alpha value is -8.72. The average Bonchev–Trinajstić information content (AvgIpc) is 4.32. The van der Waals surface area contributed by atoms with Crippen molar-refractivity contribution in [2.24, 2.45) is 0 Å². The zero-order valence-electron chi connectivity index (χ0n) is 48.1. The largest absolute Gasteiger partial charge is 0.390 e. The standard InChI is InChI=1S/C17H15NO3S.C14H11N3S.C10H9NO.C10H9NS.C10H9N.C4H4N2S.C4H8O/c1-13-6-8-17(9-7-13)22(19,20)21-12-16-10-14-4-2-3-5-15(14)11-18-16;1-2-5-12-9-17-13(8-11(12)4-1)10-18-14-15-6-3-7-16-14;2*12-7-10-5-8-3-1-2-4-9(8)6-11-10;1-8-6-9-4-2-3-5-10(9)7-11-8;7-4-5-2-1-3-6-4;1-2-4-5-3-1/h2-11H,12H2,1H3;1-9H,10H2;2*1-6,12H,7H2;2-7H,1H3;1-3H,(H,5,6,7);1-4H2. The lowest BCUT2D eigenvalue weighted by atomic mass is 10.1. The number of aliphatic hydroxyl groups is 1. The van der Waals surface area contributed by atoms with Crippen LogP contribution in [0.25, 0.3) is 53.9 Å². The Morgan fingerprint density at radius 3 is 1.39 bits per heavy atom. The number of thiol groups is 1. The lowest BCUT2D eigenvalue weighted by molar-refractivity contribution is 0.198. The molecule has 0 unspecified atom stereocenters. The van der Waals surface area contributed by atoms with Crippen molar-refractivity contribution in [3.05, 3.63) is 283 Å². The van der Waals surface area contributed by atoms with Crippen molar-refractivity contribution in [2.45, 2.75) is 61.5 Å². The highest BCUT2D eigenvalue weighted by Gasteiger charge is 2.15. The van der Waals surface area contributed by atoms with Gasteiger partial charge in [0.1, 0.15) is 6.61 Å². The minimum atomic E-state index is -3.77. The number of hydrogen-bond acceptors (Lipinski definition) is 16. The Balaban J connectivity index is 0.000000137. The normalized spacial score (nSPS) is 11.4. The summed E-state index contributed by atoms with van der Waals surface area (Å²) in [4.78, 5) is 36.2. The second kappa shape index (κ2) is 34.4. The van der Waals surface area contributed by atoms with Gasteiger partial charge in [0.25, 0.3) is 10.1 Å². The maximum atomic E-state index is 12.1. The number of thioether (sulfide) groups is 1. The van der Waals surface area contributed by atoms with Crippen LogP contribution in [-0.2, 0) is 43.8 Å². The lowest BCUT2D eigenvalue weighted by Crippen LogP contribution is -2.07. The molecular weight excluding hydrogens is 1160 g/mol. The molecule has 87 heavy (non-hydrogen) atoms. The number of aryl methyl sites for hydroxylation is 2.